The maximum atomic E-state index is 14.4. The Hall–Kier alpha value is -4.41. The SMILES string of the molecule is CC(C)(C)OC(=O)N1CCN(C(=O)c2cc(-c3ccc(O)cc3)nc3c2c(C=Cc2ccc(Cl)cc2)nn3C2CCCCO2)CC1. The Labute approximate surface area is 273 Å². The Balaban J connectivity index is 1.43. The van der Waals surface area contributed by atoms with E-state index in [-0.39, 0.29) is 24.0 Å². The molecule has 0 bridgehead atoms. The summed E-state index contributed by atoms with van der Waals surface area (Å²) in [6, 6.07) is 16.0. The van der Waals surface area contributed by atoms with E-state index in [4.69, 9.17) is 31.2 Å². The monoisotopic (exact) mass is 643 g/mol. The van der Waals surface area contributed by atoms with E-state index < -0.39 is 5.60 Å². The second-order valence-electron chi connectivity index (χ2n) is 12.6. The summed E-state index contributed by atoms with van der Waals surface area (Å²) in [5.41, 5.74) is 3.25. The molecule has 2 aromatic carbocycles. The molecule has 2 fully saturated rings. The summed E-state index contributed by atoms with van der Waals surface area (Å²) in [7, 11) is 0. The number of pyridine rings is 1. The van der Waals surface area contributed by atoms with Gasteiger partial charge in [-0.2, -0.15) is 5.10 Å². The third-order valence-corrected chi connectivity index (χ3v) is 8.29. The molecule has 2 aromatic heterocycles. The molecule has 2 aliphatic heterocycles. The number of phenolic OH excluding ortho intramolecular Hbond substituents is 1. The van der Waals surface area contributed by atoms with Crippen molar-refractivity contribution in [3.63, 3.8) is 0 Å². The van der Waals surface area contributed by atoms with Gasteiger partial charge in [0.15, 0.2) is 11.9 Å². The maximum Gasteiger partial charge on any atom is 0.410 e. The summed E-state index contributed by atoms with van der Waals surface area (Å²) in [6.07, 6.45) is 5.87. The minimum atomic E-state index is -0.602. The van der Waals surface area contributed by atoms with Crippen LogP contribution in [0.1, 0.15) is 67.9 Å². The molecule has 46 heavy (non-hydrogen) atoms. The van der Waals surface area contributed by atoms with Crippen LogP contribution in [0, 0.1) is 0 Å². The van der Waals surface area contributed by atoms with Crippen LogP contribution in [0.3, 0.4) is 0 Å². The average molecular weight is 644 g/mol. The van der Waals surface area contributed by atoms with Gasteiger partial charge in [0.1, 0.15) is 11.4 Å². The number of carbonyl (C=O) groups excluding carboxylic acids is 2. The second kappa shape index (κ2) is 13.1. The van der Waals surface area contributed by atoms with Crippen LogP contribution in [-0.4, -0.2) is 80.1 Å². The van der Waals surface area contributed by atoms with Crippen molar-refractivity contribution in [2.24, 2.45) is 0 Å². The van der Waals surface area contributed by atoms with Crippen molar-refractivity contribution in [2.45, 2.75) is 51.9 Å². The topological polar surface area (TPSA) is 110 Å². The molecule has 1 unspecified atom stereocenters. The summed E-state index contributed by atoms with van der Waals surface area (Å²) in [4.78, 5) is 35.6. The first-order chi connectivity index (χ1) is 22.1. The van der Waals surface area contributed by atoms with Crippen LogP contribution in [0.15, 0.2) is 54.6 Å². The Bertz CT molecular complexity index is 1750. The summed E-state index contributed by atoms with van der Waals surface area (Å²) < 4.78 is 13.5. The zero-order valence-electron chi connectivity index (χ0n) is 26.3. The standard InChI is InChI=1S/C35H38ClN5O5/c1-35(2,3)46-34(44)40-19-17-39(18-20-40)33(43)27-22-29(24-10-14-26(42)15-11-24)37-32-31(27)28(16-9-23-7-12-25(36)13-8-23)38-41(32)30-6-4-5-21-45-30/h7-16,22,30,42H,4-6,17-21H2,1-3H3. The van der Waals surface area contributed by atoms with Gasteiger partial charge in [-0.1, -0.05) is 29.8 Å². The van der Waals surface area contributed by atoms with Crippen LogP contribution in [0.25, 0.3) is 34.4 Å². The van der Waals surface area contributed by atoms with Gasteiger partial charge in [0.2, 0.25) is 0 Å². The average Bonchev–Trinajstić information content (AvgIpc) is 3.42. The Morgan fingerprint density at radius 3 is 2.33 bits per heavy atom. The smallest absolute Gasteiger partial charge is 0.410 e. The van der Waals surface area contributed by atoms with E-state index in [0.29, 0.717) is 65.8 Å². The molecule has 4 aromatic rings. The number of carbonyl (C=O) groups is 2. The lowest BCUT2D eigenvalue weighted by atomic mass is 10.0. The van der Waals surface area contributed by atoms with Crippen molar-refractivity contribution < 1.29 is 24.2 Å². The van der Waals surface area contributed by atoms with Gasteiger partial charge in [-0.15, -0.1) is 0 Å². The molecule has 10 nitrogen and oxygen atoms in total. The molecule has 2 amide bonds. The Morgan fingerprint density at radius 2 is 1.67 bits per heavy atom. The fourth-order valence-electron chi connectivity index (χ4n) is 5.68. The third-order valence-electron chi connectivity index (χ3n) is 8.03. The number of phenols is 1. The molecule has 0 radical (unpaired) electrons. The number of piperazine rings is 1. The highest BCUT2D eigenvalue weighted by Crippen LogP contribution is 2.34. The first-order valence-corrected chi connectivity index (χ1v) is 16.0. The molecule has 1 N–H and O–H groups in total. The highest BCUT2D eigenvalue weighted by Gasteiger charge is 2.31. The van der Waals surface area contributed by atoms with E-state index in [1.54, 1.807) is 44.8 Å². The summed E-state index contributed by atoms with van der Waals surface area (Å²) in [5.74, 6) is -0.0409. The lowest BCUT2D eigenvalue weighted by molar-refractivity contribution is -0.0370. The van der Waals surface area contributed by atoms with Crippen molar-refractivity contribution in [1.82, 2.24) is 24.6 Å². The van der Waals surface area contributed by atoms with Crippen LogP contribution in [0.2, 0.25) is 5.02 Å². The highest BCUT2D eigenvalue weighted by molar-refractivity contribution is 6.30. The molecule has 1 atom stereocenters. The zero-order valence-corrected chi connectivity index (χ0v) is 27.0. The van der Waals surface area contributed by atoms with Crippen molar-refractivity contribution in [2.75, 3.05) is 32.8 Å². The number of benzene rings is 2. The summed E-state index contributed by atoms with van der Waals surface area (Å²) in [6.45, 7) is 7.55. The number of ether oxygens (including phenoxy) is 2. The molecule has 4 heterocycles. The number of fused-ring (bicyclic) bond motifs is 1. The molecule has 6 rings (SSSR count). The molecular weight excluding hydrogens is 606 g/mol. The number of amides is 2. The van der Waals surface area contributed by atoms with Crippen LogP contribution in [0.4, 0.5) is 4.79 Å². The van der Waals surface area contributed by atoms with Crippen LogP contribution >= 0.6 is 11.6 Å². The fourth-order valence-corrected chi connectivity index (χ4v) is 5.81. The van der Waals surface area contributed by atoms with Crippen molar-refractivity contribution in [3.05, 3.63) is 76.4 Å². The minimum absolute atomic E-state index is 0.138. The number of aromatic nitrogens is 3. The number of halogens is 1. The van der Waals surface area contributed by atoms with Gasteiger partial charge in [0.05, 0.1) is 22.3 Å². The van der Waals surface area contributed by atoms with E-state index in [0.717, 1.165) is 30.4 Å². The fraction of sp³-hybridized carbons (Fsp3) is 0.371. The maximum absolute atomic E-state index is 14.4. The third kappa shape index (κ3) is 7.03. The minimum Gasteiger partial charge on any atom is -0.508 e. The Morgan fingerprint density at radius 1 is 0.978 bits per heavy atom. The number of nitrogens with zero attached hydrogens (tertiary/aromatic N) is 5. The largest absolute Gasteiger partial charge is 0.508 e. The van der Waals surface area contributed by atoms with Gasteiger partial charge in [-0.25, -0.2) is 14.5 Å². The molecule has 0 spiro atoms. The van der Waals surface area contributed by atoms with Crippen LogP contribution in [-0.2, 0) is 9.47 Å². The van der Waals surface area contributed by atoms with E-state index in [9.17, 15) is 14.7 Å². The predicted molar refractivity (Wildman–Crippen MR) is 178 cm³/mol. The van der Waals surface area contributed by atoms with Gasteiger partial charge in [-0.3, -0.25) is 4.79 Å². The first-order valence-electron chi connectivity index (χ1n) is 15.6. The number of rotatable bonds is 5. The van der Waals surface area contributed by atoms with E-state index >= 15 is 0 Å². The normalized spacial score (nSPS) is 17.5. The van der Waals surface area contributed by atoms with Gasteiger partial charge in [0, 0.05) is 43.4 Å². The van der Waals surface area contributed by atoms with E-state index in [1.165, 1.54) is 0 Å². The van der Waals surface area contributed by atoms with Gasteiger partial charge >= 0.3 is 6.09 Å². The van der Waals surface area contributed by atoms with Gasteiger partial charge < -0.3 is 24.4 Å². The number of hydrogen-bond donors (Lipinski definition) is 1. The lowest BCUT2D eigenvalue weighted by Crippen LogP contribution is -2.51. The highest BCUT2D eigenvalue weighted by atomic mass is 35.5. The van der Waals surface area contributed by atoms with Gasteiger partial charge in [0.25, 0.3) is 5.91 Å². The Kier molecular flexibility index (Phi) is 9.02. The molecule has 0 aliphatic carbocycles. The predicted octanol–water partition coefficient (Wildman–Crippen LogP) is 7.02. The second-order valence-corrected chi connectivity index (χ2v) is 13.0. The van der Waals surface area contributed by atoms with Crippen molar-refractivity contribution in [3.8, 4) is 17.0 Å². The van der Waals surface area contributed by atoms with Gasteiger partial charge in [-0.05, 0) is 94.1 Å². The number of aromatic hydroxyl groups is 1. The molecule has 11 heteroatoms. The molecule has 0 saturated carbocycles. The van der Waals surface area contributed by atoms with Crippen LogP contribution < -0.4 is 0 Å². The van der Waals surface area contributed by atoms with Crippen LogP contribution in [0.5, 0.6) is 5.75 Å². The summed E-state index contributed by atoms with van der Waals surface area (Å²) >= 11 is 6.11. The lowest BCUT2D eigenvalue weighted by Gasteiger charge is -2.35. The van der Waals surface area contributed by atoms with E-state index in [1.807, 2.05) is 57.2 Å². The van der Waals surface area contributed by atoms with Crippen molar-refractivity contribution >= 4 is 46.8 Å². The first kappa shape index (κ1) is 31.6. The number of hydrogen-bond acceptors (Lipinski definition) is 7. The molecule has 2 aliphatic rings. The molecule has 2 saturated heterocycles. The summed E-state index contributed by atoms with van der Waals surface area (Å²) in [5, 5.41) is 16.2. The molecule has 240 valence electrons. The zero-order chi connectivity index (χ0) is 32.4. The van der Waals surface area contributed by atoms with E-state index in [2.05, 4.69) is 0 Å². The quantitative estimate of drug-likeness (QED) is 0.249. The van der Waals surface area contributed by atoms with Crippen molar-refractivity contribution in [1.29, 1.82) is 0 Å². The molecular formula is C35H38ClN5O5.